The molecule has 5 nitrogen and oxygen atoms in total. The molecule has 1 aromatic carbocycles. The second kappa shape index (κ2) is 6.22. The summed E-state index contributed by atoms with van der Waals surface area (Å²) in [5, 5.41) is 13.4. The molecule has 6 heteroatoms. The van der Waals surface area contributed by atoms with Crippen molar-refractivity contribution in [3.63, 3.8) is 0 Å². The molecule has 0 saturated carbocycles. The maximum Gasteiger partial charge on any atom is 0.267 e. The molecular weight excluding hydrogens is 322 g/mol. The third kappa shape index (κ3) is 2.86. The third-order valence-electron chi connectivity index (χ3n) is 4.00. The molecule has 1 atom stereocenters. The Hall–Kier alpha value is -2.44. The summed E-state index contributed by atoms with van der Waals surface area (Å²) in [6, 6.07) is 9.40. The van der Waals surface area contributed by atoms with Crippen LogP contribution in [-0.2, 0) is 0 Å². The summed E-state index contributed by atoms with van der Waals surface area (Å²) in [7, 11) is 0. The Morgan fingerprint density at radius 3 is 2.71 bits per heavy atom. The smallest absolute Gasteiger partial charge is 0.267 e. The summed E-state index contributed by atoms with van der Waals surface area (Å²) in [5.74, 6) is -0.249. The number of amides is 1. The number of para-hydroxylation sites is 1. The Morgan fingerprint density at radius 2 is 2.04 bits per heavy atom. The van der Waals surface area contributed by atoms with Gasteiger partial charge in [0.25, 0.3) is 5.91 Å². The molecule has 4 N–H and O–H groups in total. The molecule has 2 heterocycles. The summed E-state index contributed by atoms with van der Waals surface area (Å²) in [4.78, 5) is 18.2. The molecular formula is C18H19N3O2S. The SMILES string of the molecule is Cc1ccccc1NC(=O)c1sc2nc(C)c(C(C)O)cc2c1N. The van der Waals surface area contributed by atoms with E-state index in [0.29, 0.717) is 20.8 Å². The van der Waals surface area contributed by atoms with Crippen molar-refractivity contribution in [2.45, 2.75) is 26.9 Å². The first-order valence-corrected chi connectivity index (χ1v) is 8.44. The summed E-state index contributed by atoms with van der Waals surface area (Å²) < 4.78 is 0. The number of aryl methyl sites for hydroxylation is 2. The van der Waals surface area contributed by atoms with Crippen molar-refractivity contribution < 1.29 is 9.90 Å². The Morgan fingerprint density at radius 1 is 1.33 bits per heavy atom. The minimum absolute atomic E-state index is 0.249. The van der Waals surface area contributed by atoms with Gasteiger partial charge >= 0.3 is 0 Å². The average Bonchev–Trinajstić information content (AvgIpc) is 2.84. The number of anilines is 2. The second-order valence-electron chi connectivity index (χ2n) is 5.81. The Labute approximate surface area is 144 Å². The van der Waals surface area contributed by atoms with E-state index in [9.17, 15) is 9.90 Å². The summed E-state index contributed by atoms with van der Waals surface area (Å²) in [6.45, 7) is 5.46. The van der Waals surface area contributed by atoms with Crippen molar-refractivity contribution in [3.05, 3.63) is 52.0 Å². The van der Waals surface area contributed by atoms with E-state index in [1.165, 1.54) is 11.3 Å². The molecule has 0 spiro atoms. The number of rotatable bonds is 3. The van der Waals surface area contributed by atoms with E-state index < -0.39 is 6.10 Å². The molecule has 2 aromatic heterocycles. The van der Waals surface area contributed by atoms with Gasteiger partial charge in [0.15, 0.2) is 0 Å². The molecule has 1 amide bonds. The molecule has 0 bridgehead atoms. The van der Waals surface area contributed by atoms with Crippen LogP contribution in [0.2, 0.25) is 0 Å². The molecule has 0 radical (unpaired) electrons. The van der Waals surface area contributed by atoms with Gasteiger partial charge in [-0.2, -0.15) is 0 Å². The lowest BCUT2D eigenvalue weighted by Gasteiger charge is -2.08. The van der Waals surface area contributed by atoms with Crippen LogP contribution in [0.15, 0.2) is 30.3 Å². The van der Waals surface area contributed by atoms with Crippen molar-refractivity contribution in [2.75, 3.05) is 11.1 Å². The van der Waals surface area contributed by atoms with E-state index in [2.05, 4.69) is 10.3 Å². The Bertz CT molecular complexity index is 931. The standard InChI is InChI=1S/C18H19N3O2S/c1-9-6-4-5-7-14(9)21-17(23)16-15(19)13-8-12(11(3)22)10(2)20-18(13)24-16/h4-8,11,22H,19H2,1-3H3,(H,21,23). The number of carbonyl (C=O) groups excluding carboxylic acids is 1. The lowest BCUT2D eigenvalue weighted by molar-refractivity contribution is 0.103. The highest BCUT2D eigenvalue weighted by atomic mass is 32.1. The fourth-order valence-corrected chi connectivity index (χ4v) is 3.65. The van der Waals surface area contributed by atoms with Crippen LogP contribution >= 0.6 is 11.3 Å². The van der Waals surface area contributed by atoms with Crippen LogP contribution in [-0.4, -0.2) is 16.0 Å². The molecule has 0 aliphatic carbocycles. The number of hydrogen-bond donors (Lipinski definition) is 3. The quantitative estimate of drug-likeness (QED) is 0.676. The van der Waals surface area contributed by atoms with Gasteiger partial charge in [-0.05, 0) is 38.5 Å². The molecule has 0 saturated heterocycles. The zero-order valence-electron chi connectivity index (χ0n) is 13.8. The number of aromatic nitrogens is 1. The van der Waals surface area contributed by atoms with E-state index in [-0.39, 0.29) is 5.91 Å². The summed E-state index contributed by atoms with van der Waals surface area (Å²) in [5.41, 5.74) is 9.78. The minimum atomic E-state index is -0.634. The minimum Gasteiger partial charge on any atom is -0.397 e. The van der Waals surface area contributed by atoms with Gasteiger partial charge in [-0.3, -0.25) is 4.79 Å². The lowest BCUT2D eigenvalue weighted by Crippen LogP contribution is -2.12. The van der Waals surface area contributed by atoms with Crippen LogP contribution in [0.4, 0.5) is 11.4 Å². The molecule has 3 aromatic rings. The van der Waals surface area contributed by atoms with Crippen molar-refractivity contribution in [1.82, 2.24) is 4.98 Å². The lowest BCUT2D eigenvalue weighted by atomic mass is 10.1. The number of nitrogen functional groups attached to an aromatic ring is 1. The molecule has 24 heavy (non-hydrogen) atoms. The maximum absolute atomic E-state index is 12.6. The molecule has 3 rings (SSSR count). The van der Waals surface area contributed by atoms with Gasteiger partial charge < -0.3 is 16.2 Å². The number of nitrogens with zero attached hydrogens (tertiary/aromatic N) is 1. The fraction of sp³-hybridized carbons (Fsp3) is 0.222. The van der Waals surface area contributed by atoms with E-state index in [0.717, 1.165) is 22.5 Å². The molecule has 0 fully saturated rings. The molecule has 1 unspecified atom stereocenters. The van der Waals surface area contributed by atoms with Gasteiger partial charge in [-0.25, -0.2) is 4.98 Å². The zero-order valence-corrected chi connectivity index (χ0v) is 14.6. The van der Waals surface area contributed by atoms with Crippen LogP contribution < -0.4 is 11.1 Å². The van der Waals surface area contributed by atoms with Crippen molar-refractivity contribution in [1.29, 1.82) is 0 Å². The fourth-order valence-electron chi connectivity index (χ4n) is 2.63. The summed E-state index contributed by atoms with van der Waals surface area (Å²) in [6.07, 6.45) is -0.634. The highest BCUT2D eigenvalue weighted by Gasteiger charge is 2.20. The predicted octanol–water partition coefficient (Wildman–Crippen LogP) is 3.80. The topological polar surface area (TPSA) is 88.2 Å². The van der Waals surface area contributed by atoms with E-state index in [1.54, 1.807) is 6.92 Å². The Balaban J connectivity index is 2.02. The van der Waals surface area contributed by atoms with Gasteiger partial charge in [-0.15, -0.1) is 11.3 Å². The number of fused-ring (bicyclic) bond motifs is 1. The predicted molar refractivity (Wildman–Crippen MR) is 98.5 cm³/mol. The molecule has 124 valence electrons. The normalized spacial score (nSPS) is 12.3. The highest BCUT2D eigenvalue weighted by Crippen LogP contribution is 2.35. The van der Waals surface area contributed by atoms with E-state index in [4.69, 9.17) is 5.73 Å². The van der Waals surface area contributed by atoms with Gasteiger partial charge in [0, 0.05) is 22.3 Å². The van der Waals surface area contributed by atoms with Crippen molar-refractivity contribution in [3.8, 4) is 0 Å². The first-order chi connectivity index (χ1) is 11.4. The largest absolute Gasteiger partial charge is 0.397 e. The monoisotopic (exact) mass is 341 g/mol. The van der Waals surface area contributed by atoms with Crippen molar-refractivity contribution >= 4 is 38.8 Å². The zero-order chi connectivity index (χ0) is 17.4. The van der Waals surface area contributed by atoms with Crippen LogP contribution in [0.25, 0.3) is 10.2 Å². The van der Waals surface area contributed by atoms with Crippen LogP contribution in [0.3, 0.4) is 0 Å². The van der Waals surface area contributed by atoms with Gasteiger partial charge in [0.05, 0.1) is 11.8 Å². The van der Waals surface area contributed by atoms with Crippen LogP contribution in [0.5, 0.6) is 0 Å². The first-order valence-electron chi connectivity index (χ1n) is 7.63. The number of benzene rings is 1. The van der Waals surface area contributed by atoms with E-state index >= 15 is 0 Å². The third-order valence-corrected chi connectivity index (χ3v) is 5.11. The number of aliphatic hydroxyl groups is 1. The van der Waals surface area contributed by atoms with Crippen LogP contribution in [0, 0.1) is 13.8 Å². The van der Waals surface area contributed by atoms with Gasteiger partial charge in [-0.1, -0.05) is 18.2 Å². The molecule has 0 aliphatic heterocycles. The van der Waals surface area contributed by atoms with E-state index in [1.807, 2.05) is 44.2 Å². The highest BCUT2D eigenvalue weighted by molar-refractivity contribution is 7.21. The van der Waals surface area contributed by atoms with Gasteiger partial charge in [0.1, 0.15) is 9.71 Å². The van der Waals surface area contributed by atoms with Crippen molar-refractivity contribution in [2.24, 2.45) is 0 Å². The average molecular weight is 341 g/mol. The molecule has 0 aliphatic rings. The second-order valence-corrected chi connectivity index (χ2v) is 6.80. The number of aliphatic hydroxyl groups excluding tert-OH is 1. The van der Waals surface area contributed by atoms with Gasteiger partial charge in [0.2, 0.25) is 0 Å². The van der Waals surface area contributed by atoms with Crippen LogP contribution in [0.1, 0.15) is 39.5 Å². The maximum atomic E-state index is 12.6. The first kappa shape index (κ1) is 16.4. The number of carbonyl (C=O) groups is 1. The number of thiophene rings is 1. The number of hydrogen-bond acceptors (Lipinski definition) is 5. The Kier molecular flexibility index (Phi) is 4.26. The number of nitrogens with two attached hydrogens (primary N) is 1. The number of nitrogens with one attached hydrogen (secondary N) is 1. The summed E-state index contributed by atoms with van der Waals surface area (Å²) >= 11 is 1.26. The number of pyridine rings is 1.